The Morgan fingerprint density at radius 2 is 2.06 bits per heavy atom. The standard InChI is InChI=1S/C16H12N2/c1-2-4-14-12(3-1)13-6-8-17-7-5-11-9-15(17)16(13)18(14)10-11/h1-9,11H,10H2. The van der Waals surface area contributed by atoms with Crippen LogP contribution >= 0.6 is 0 Å². The second-order valence-corrected chi connectivity index (χ2v) is 5.17. The van der Waals surface area contributed by atoms with E-state index in [2.05, 4.69) is 64.4 Å². The summed E-state index contributed by atoms with van der Waals surface area (Å²) in [6, 6.07) is 8.72. The van der Waals surface area contributed by atoms with Gasteiger partial charge < -0.3 is 9.47 Å². The maximum absolute atomic E-state index is 2.48. The Bertz CT molecular complexity index is 774. The first-order valence-corrected chi connectivity index (χ1v) is 6.40. The summed E-state index contributed by atoms with van der Waals surface area (Å²) in [5.74, 6) is 0.541. The van der Waals surface area contributed by atoms with Gasteiger partial charge in [-0.15, -0.1) is 0 Å². The lowest BCUT2D eigenvalue weighted by Crippen LogP contribution is -2.26. The molecule has 4 heterocycles. The zero-order valence-electron chi connectivity index (χ0n) is 9.88. The van der Waals surface area contributed by atoms with Gasteiger partial charge in [0.1, 0.15) is 0 Å². The van der Waals surface area contributed by atoms with Crippen LogP contribution in [0.15, 0.2) is 48.8 Å². The second kappa shape index (κ2) is 2.78. The molecule has 0 fully saturated rings. The number of fused-ring (bicyclic) bond motifs is 4. The Morgan fingerprint density at radius 1 is 1.11 bits per heavy atom. The van der Waals surface area contributed by atoms with Crippen LogP contribution in [0.4, 0.5) is 0 Å². The summed E-state index contributed by atoms with van der Waals surface area (Å²) in [4.78, 5) is 2.23. The molecule has 3 aliphatic heterocycles. The molecule has 0 spiro atoms. The lowest BCUT2D eigenvalue weighted by Gasteiger charge is -2.34. The van der Waals surface area contributed by atoms with E-state index in [9.17, 15) is 0 Å². The van der Waals surface area contributed by atoms with Gasteiger partial charge in [0.15, 0.2) is 0 Å². The summed E-state index contributed by atoms with van der Waals surface area (Å²) >= 11 is 0. The van der Waals surface area contributed by atoms with Crippen molar-refractivity contribution in [2.75, 3.05) is 0 Å². The molecule has 0 radical (unpaired) electrons. The third kappa shape index (κ3) is 0.873. The smallest absolute Gasteiger partial charge is 0.0733 e. The number of rotatable bonds is 0. The molecule has 1 aromatic carbocycles. The lowest BCUT2D eigenvalue weighted by atomic mass is 9.96. The number of hydrogen-bond donors (Lipinski definition) is 0. The number of allylic oxidation sites excluding steroid dienone is 2. The minimum absolute atomic E-state index is 0.541. The quantitative estimate of drug-likeness (QED) is 0.675. The molecule has 18 heavy (non-hydrogen) atoms. The largest absolute Gasteiger partial charge is 0.338 e. The molecule has 2 nitrogen and oxygen atoms in total. The summed E-state index contributed by atoms with van der Waals surface area (Å²) in [6.45, 7) is 1.07. The zero-order chi connectivity index (χ0) is 11.7. The van der Waals surface area contributed by atoms with Crippen LogP contribution in [0, 0.1) is 5.92 Å². The van der Waals surface area contributed by atoms with Gasteiger partial charge in [-0.3, -0.25) is 0 Å². The number of para-hydroxylation sites is 1. The highest BCUT2D eigenvalue weighted by Crippen LogP contribution is 2.42. The second-order valence-electron chi connectivity index (χ2n) is 5.17. The molecule has 0 saturated heterocycles. The average molecular weight is 232 g/mol. The molecule has 3 aliphatic rings. The highest BCUT2D eigenvalue weighted by atomic mass is 15.2. The minimum Gasteiger partial charge on any atom is -0.338 e. The van der Waals surface area contributed by atoms with Gasteiger partial charge in [0, 0.05) is 41.3 Å². The van der Waals surface area contributed by atoms with Gasteiger partial charge in [0.25, 0.3) is 0 Å². The third-order valence-electron chi connectivity index (χ3n) is 4.19. The predicted octanol–water partition coefficient (Wildman–Crippen LogP) is 3.43. The summed E-state index contributed by atoms with van der Waals surface area (Å²) in [5.41, 5.74) is 5.48. The van der Waals surface area contributed by atoms with E-state index in [1.165, 1.54) is 27.9 Å². The molecule has 0 saturated carbocycles. The predicted molar refractivity (Wildman–Crippen MR) is 73.4 cm³/mol. The van der Waals surface area contributed by atoms with Crippen molar-refractivity contribution in [1.82, 2.24) is 9.47 Å². The van der Waals surface area contributed by atoms with Crippen molar-refractivity contribution >= 4 is 22.7 Å². The lowest BCUT2D eigenvalue weighted by molar-refractivity contribution is 0.549. The molecule has 2 heteroatoms. The molecule has 1 aromatic heterocycles. The number of benzene rings is 1. The van der Waals surface area contributed by atoms with Crippen LogP contribution in [0.2, 0.25) is 0 Å². The molecular weight excluding hydrogens is 220 g/mol. The van der Waals surface area contributed by atoms with E-state index in [1.54, 1.807) is 0 Å². The minimum atomic E-state index is 0.541. The van der Waals surface area contributed by atoms with Gasteiger partial charge in [0.05, 0.1) is 11.4 Å². The van der Waals surface area contributed by atoms with Gasteiger partial charge in [-0.2, -0.15) is 0 Å². The van der Waals surface area contributed by atoms with Gasteiger partial charge in [0.2, 0.25) is 0 Å². The molecule has 2 aromatic rings. The first-order valence-electron chi connectivity index (χ1n) is 6.40. The van der Waals surface area contributed by atoms with E-state index >= 15 is 0 Å². The van der Waals surface area contributed by atoms with Gasteiger partial charge in [-0.1, -0.05) is 24.3 Å². The van der Waals surface area contributed by atoms with E-state index in [-0.39, 0.29) is 0 Å². The highest BCUT2D eigenvalue weighted by molar-refractivity contribution is 5.97. The maximum atomic E-state index is 2.48. The first-order chi connectivity index (χ1) is 8.92. The topological polar surface area (TPSA) is 8.17 Å². The molecule has 1 atom stereocenters. The summed E-state index contributed by atoms with van der Waals surface area (Å²) < 4.78 is 2.48. The molecule has 0 amide bonds. The van der Waals surface area contributed by atoms with Crippen molar-refractivity contribution in [2.24, 2.45) is 5.92 Å². The van der Waals surface area contributed by atoms with Crippen LogP contribution in [0.25, 0.3) is 22.7 Å². The van der Waals surface area contributed by atoms with Crippen LogP contribution in [-0.2, 0) is 6.54 Å². The molecule has 5 rings (SSSR count). The van der Waals surface area contributed by atoms with Crippen LogP contribution in [0.1, 0.15) is 11.3 Å². The molecule has 1 unspecified atom stereocenters. The maximum Gasteiger partial charge on any atom is 0.0733 e. The molecule has 0 aliphatic carbocycles. The van der Waals surface area contributed by atoms with Crippen molar-refractivity contribution < 1.29 is 0 Å². The zero-order valence-corrected chi connectivity index (χ0v) is 9.88. The molecule has 86 valence electrons. The van der Waals surface area contributed by atoms with E-state index in [4.69, 9.17) is 0 Å². The Hall–Kier alpha value is -2.22. The van der Waals surface area contributed by atoms with Crippen molar-refractivity contribution in [3.05, 3.63) is 60.1 Å². The van der Waals surface area contributed by atoms with E-state index in [0.717, 1.165) is 6.54 Å². The van der Waals surface area contributed by atoms with Crippen molar-refractivity contribution in [3.8, 4) is 0 Å². The summed E-state index contributed by atoms with van der Waals surface area (Å²) in [5, 5.41) is 1.37. The number of aromatic nitrogens is 1. The van der Waals surface area contributed by atoms with Crippen molar-refractivity contribution in [1.29, 1.82) is 0 Å². The first kappa shape index (κ1) is 8.81. The monoisotopic (exact) mass is 232 g/mol. The van der Waals surface area contributed by atoms with Crippen LogP contribution in [0.3, 0.4) is 0 Å². The SMILES string of the molecule is C1=CN2C=CC3C=C2c2c1c1ccccc1n2C3. The van der Waals surface area contributed by atoms with Crippen molar-refractivity contribution in [3.63, 3.8) is 0 Å². The van der Waals surface area contributed by atoms with Crippen molar-refractivity contribution in [2.45, 2.75) is 6.54 Å². The average Bonchev–Trinajstić information content (AvgIpc) is 2.74. The van der Waals surface area contributed by atoms with Crippen LogP contribution in [0.5, 0.6) is 0 Å². The van der Waals surface area contributed by atoms with Crippen LogP contribution < -0.4 is 0 Å². The van der Waals surface area contributed by atoms with Gasteiger partial charge in [-0.25, -0.2) is 0 Å². The molecule has 0 N–H and O–H groups in total. The Kier molecular flexibility index (Phi) is 1.36. The Labute approximate surface area is 105 Å². The Morgan fingerprint density at radius 3 is 3.06 bits per heavy atom. The van der Waals surface area contributed by atoms with E-state index < -0.39 is 0 Å². The fourth-order valence-electron chi connectivity index (χ4n) is 3.40. The fraction of sp³-hybridized carbons (Fsp3) is 0.125. The number of hydrogen-bond acceptors (Lipinski definition) is 1. The van der Waals surface area contributed by atoms with Gasteiger partial charge >= 0.3 is 0 Å². The highest BCUT2D eigenvalue weighted by Gasteiger charge is 2.30. The molecular formula is C16H12N2. The van der Waals surface area contributed by atoms with Crippen LogP contribution in [-0.4, -0.2) is 9.47 Å². The third-order valence-corrected chi connectivity index (χ3v) is 4.19. The van der Waals surface area contributed by atoms with E-state index in [1.807, 2.05) is 0 Å². The summed E-state index contributed by atoms with van der Waals surface area (Å²) in [7, 11) is 0. The Balaban J connectivity index is 2.00. The fourth-order valence-corrected chi connectivity index (χ4v) is 3.40. The summed E-state index contributed by atoms with van der Waals surface area (Å²) in [6.07, 6.45) is 11.3. The normalized spacial score (nSPS) is 22.6. The molecule has 2 bridgehead atoms. The number of nitrogens with zero attached hydrogens (tertiary/aromatic N) is 2. The van der Waals surface area contributed by atoms with Gasteiger partial charge in [-0.05, 0) is 18.2 Å². The van der Waals surface area contributed by atoms with E-state index in [0.29, 0.717) is 5.92 Å².